The summed E-state index contributed by atoms with van der Waals surface area (Å²) in [5.74, 6) is -1.40. The van der Waals surface area contributed by atoms with Crippen LogP contribution >= 0.6 is 0 Å². The molecule has 0 aliphatic rings. The number of aryl methyl sites for hydroxylation is 1. The van der Waals surface area contributed by atoms with Crippen LogP contribution in [0.1, 0.15) is 22.7 Å². The maximum atomic E-state index is 12.5. The SMILES string of the molecule is Cc1ccccc1[C@@H](NC(=O)C(=O)Nc1ccccc1)c1ccncc1. The van der Waals surface area contributed by atoms with Gasteiger partial charge in [-0.2, -0.15) is 0 Å². The van der Waals surface area contributed by atoms with Crippen molar-refractivity contribution in [2.45, 2.75) is 13.0 Å². The number of pyridine rings is 1. The predicted molar refractivity (Wildman–Crippen MR) is 100 cm³/mol. The van der Waals surface area contributed by atoms with E-state index in [4.69, 9.17) is 0 Å². The van der Waals surface area contributed by atoms with Crippen LogP contribution in [0.2, 0.25) is 0 Å². The molecule has 0 fully saturated rings. The molecular formula is C21H19N3O2. The highest BCUT2D eigenvalue weighted by Crippen LogP contribution is 2.24. The number of benzene rings is 2. The fourth-order valence-corrected chi connectivity index (χ4v) is 2.71. The summed E-state index contributed by atoms with van der Waals surface area (Å²) in [7, 11) is 0. The van der Waals surface area contributed by atoms with Gasteiger partial charge in [-0.25, -0.2) is 0 Å². The van der Waals surface area contributed by atoms with Crippen molar-refractivity contribution in [3.63, 3.8) is 0 Å². The number of hydrogen-bond acceptors (Lipinski definition) is 3. The zero-order valence-electron chi connectivity index (χ0n) is 14.3. The predicted octanol–water partition coefficient (Wildman–Crippen LogP) is 3.23. The molecule has 0 aliphatic heterocycles. The Morgan fingerprint density at radius 1 is 0.846 bits per heavy atom. The molecule has 2 amide bonds. The summed E-state index contributed by atoms with van der Waals surface area (Å²) in [5, 5.41) is 5.43. The molecule has 1 aromatic heterocycles. The molecule has 0 bridgehead atoms. The first-order valence-corrected chi connectivity index (χ1v) is 8.27. The second-order valence-corrected chi connectivity index (χ2v) is 5.86. The molecule has 130 valence electrons. The van der Waals surface area contributed by atoms with Crippen molar-refractivity contribution in [1.82, 2.24) is 10.3 Å². The fraction of sp³-hybridized carbons (Fsp3) is 0.0952. The number of anilines is 1. The fourth-order valence-electron chi connectivity index (χ4n) is 2.71. The molecular weight excluding hydrogens is 326 g/mol. The van der Waals surface area contributed by atoms with Crippen LogP contribution in [0.25, 0.3) is 0 Å². The van der Waals surface area contributed by atoms with E-state index in [1.165, 1.54) is 0 Å². The Hall–Kier alpha value is -3.47. The quantitative estimate of drug-likeness (QED) is 0.713. The molecule has 26 heavy (non-hydrogen) atoms. The maximum Gasteiger partial charge on any atom is 0.313 e. The lowest BCUT2D eigenvalue weighted by Gasteiger charge is -2.21. The summed E-state index contributed by atoms with van der Waals surface area (Å²) < 4.78 is 0. The van der Waals surface area contributed by atoms with Crippen LogP contribution in [0, 0.1) is 6.92 Å². The van der Waals surface area contributed by atoms with E-state index in [9.17, 15) is 9.59 Å². The van der Waals surface area contributed by atoms with Crippen LogP contribution in [0.3, 0.4) is 0 Å². The Labute approximate surface area is 152 Å². The van der Waals surface area contributed by atoms with Crippen LogP contribution in [0.4, 0.5) is 5.69 Å². The molecule has 3 rings (SSSR count). The number of hydrogen-bond donors (Lipinski definition) is 2. The van der Waals surface area contributed by atoms with Gasteiger partial charge >= 0.3 is 11.8 Å². The van der Waals surface area contributed by atoms with E-state index in [-0.39, 0.29) is 0 Å². The van der Waals surface area contributed by atoms with Gasteiger partial charge in [-0.05, 0) is 47.9 Å². The Balaban J connectivity index is 1.83. The van der Waals surface area contributed by atoms with Crippen LogP contribution in [0.5, 0.6) is 0 Å². The molecule has 0 radical (unpaired) electrons. The van der Waals surface area contributed by atoms with Gasteiger partial charge in [-0.3, -0.25) is 14.6 Å². The molecule has 0 aliphatic carbocycles. The standard InChI is InChI=1S/C21H19N3O2/c1-15-7-5-6-10-18(15)19(16-11-13-22-14-12-16)24-21(26)20(25)23-17-8-3-2-4-9-17/h2-14,19H,1H3,(H,23,25)(H,24,26)/t19-/m0/s1. The maximum absolute atomic E-state index is 12.5. The van der Waals surface area contributed by atoms with Gasteiger partial charge in [-0.15, -0.1) is 0 Å². The first-order valence-electron chi connectivity index (χ1n) is 8.27. The van der Waals surface area contributed by atoms with Crippen molar-refractivity contribution in [1.29, 1.82) is 0 Å². The lowest BCUT2D eigenvalue weighted by molar-refractivity contribution is -0.136. The first kappa shape index (κ1) is 17.4. The smallest absolute Gasteiger partial charge is 0.313 e. The van der Waals surface area contributed by atoms with Gasteiger partial charge in [0.1, 0.15) is 0 Å². The number of carbonyl (C=O) groups excluding carboxylic acids is 2. The van der Waals surface area contributed by atoms with Crippen LogP contribution in [-0.4, -0.2) is 16.8 Å². The van der Waals surface area contributed by atoms with E-state index in [1.807, 2.05) is 49.4 Å². The summed E-state index contributed by atoms with van der Waals surface area (Å²) in [6.45, 7) is 1.97. The van der Waals surface area contributed by atoms with Gasteiger partial charge in [0, 0.05) is 18.1 Å². The topological polar surface area (TPSA) is 71.1 Å². The average Bonchev–Trinajstić information content (AvgIpc) is 2.68. The number of nitrogens with one attached hydrogen (secondary N) is 2. The molecule has 2 N–H and O–H groups in total. The number of nitrogens with zero attached hydrogens (tertiary/aromatic N) is 1. The van der Waals surface area contributed by atoms with Gasteiger partial charge < -0.3 is 10.6 Å². The van der Waals surface area contributed by atoms with Crippen molar-refractivity contribution in [3.8, 4) is 0 Å². The number of amides is 2. The van der Waals surface area contributed by atoms with E-state index in [0.717, 1.165) is 16.7 Å². The minimum atomic E-state index is -0.705. The molecule has 0 saturated heterocycles. The molecule has 0 spiro atoms. The minimum Gasteiger partial charge on any atom is -0.337 e. The Morgan fingerprint density at radius 3 is 2.19 bits per heavy atom. The summed E-state index contributed by atoms with van der Waals surface area (Å²) >= 11 is 0. The second-order valence-electron chi connectivity index (χ2n) is 5.86. The third kappa shape index (κ3) is 4.13. The third-order valence-corrected chi connectivity index (χ3v) is 4.05. The highest BCUT2D eigenvalue weighted by Gasteiger charge is 2.22. The minimum absolute atomic E-state index is 0.437. The molecule has 1 heterocycles. The summed E-state index contributed by atoms with van der Waals surface area (Å²) in [4.78, 5) is 28.8. The zero-order valence-corrected chi connectivity index (χ0v) is 14.3. The molecule has 5 nitrogen and oxygen atoms in total. The summed E-state index contributed by atoms with van der Waals surface area (Å²) in [5.41, 5.74) is 3.39. The Morgan fingerprint density at radius 2 is 1.50 bits per heavy atom. The zero-order chi connectivity index (χ0) is 18.4. The molecule has 0 unspecified atom stereocenters. The first-order chi connectivity index (χ1) is 12.6. The van der Waals surface area contributed by atoms with Crippen LogP contribution in [0.15, 0.2) is 79.1 Å². The highest BCUT2D eigenvalue weighted by atomic mass is 16.2. The highest BCUT2D eigenvalue weighted by molar-refractivity contribution is 6.39. The van der Waals surface area contributed by atoms with Gasteiger partial charge in [0.2, 0.25) is 0 Å². The van der Waals surface area contributed by atoms with Gasteiger partial charge in [-0.1, -0.05) is 42.5 Å². The van der Waals surface area contributed by atoms with Crippen molar-refractivity contribution in [2.75, 3.05) is 5.32 Å². The lowest BCUT2D eigenvalue weighted by Crippen LogP contribution is -2.38. The van der Waals surface area contributed by atoms with Crippen molar-refractivity contribution < 1.29 is 9.59 Å². The van der Waals surface area contributed by atoms with Crippen molar-refractivity contribution >= 4 is 17.5 Å². The summed E-state index contributed by atoms with van der Waals surface area (Å²) in [6.07, 6.45) is 3.33. The van der Waals surface area contributed by atoms with E-state index in [1.54, 1.807) is 36.7 Å². The second kappa shape index (κ2) is 8.07. The monoisotopic (exact) mass is 345 g/mol. The number of aromatic nitrogens is 1. The van der Waals surface area contributed by atoms with Gasteiger partial charge in [0.15, 0.2) is 0 Å². The normalized spacial score (nSPS) is 11.4. The van der Waals surface area contributed by atoms with Crippen molar-refractivity contribution in [3.05, 3.63) is 95.8 Å². The largest absolute Gasteiger partial charge is 0.337 e. The Bertz CT molecular complexity index is 895. The number of rotatable bonds is 4. The van der Waals surface area contributed by atoms with Gasteiger partial charge in [0.25, 0.3) is 0 Å². The van der Waals surface area contributed by atoms with E-state index in [0.29, 0.717) is 5.69 Å². The van der Waals surface area contributed by atoms with Crippen LogP contribution in [-0.2, 0) is 9.59 Å². The van der Waals surface area contributed by atoms with Gasteiger partial charge in [0.05, 0.1) is 6.04 Å². The third-order valence-electron chi connectivity index (χ3n) is 4.05. The van der Waals surface area contributed by atoms with E-state index in [2.05, 4.69) is 15.6 Å². The molecule has 3 aromatic rings. The lowest BCUT2D eigenvalue weighted by atomic mass is 9.95. The average molecular weight is 345 g/mol. The summed E-state index contributed by atoms with van der Waals surface area (Å²) in [6, 6.07) is 19.9. The Kier molecular flexibility index (Phi) is 5.39. The number of para-hydroxylation sites is 1. The molecule has 5 heteroatoms. The number of carbonyl (C=O) groups is 2. The molecule has 2 aromatic carbocycles. The van der Waals surface area contributed by atoms with Crippen molar-refractivity contribution in [2.24, 2.45) is 0 Å². The van der Waals surface area contributed by atoms with E-state index >= 15 is 0 Å². The van der Waals surface area contributed by atoms with Crippen LogP contribution < -0.4 is 10.6 Å². The van der Waals surface area contributed by atoms with E-state index < -0.39 is 17.9 Å². The molecule has 1 atom stereocenters. The molecule has 0 saturated carbocycles.